The van der Waals surface area contributed by atoms with Gasteiger partial charge < -0.3 is 39.4 Å². The van der Waals surface area contributed by atoms with Crippen molar-refractivity contribution in [1.29, 1.82) is 0 Å². The summed E-state index contributed by atoms with van der Waals surface area (Å²) in [6.45, 7) is 0.0898. The molecule has 0 radical (unpaired) electrons. The fourth-order valence-electron chi connectivity index (χ4n) is 4.09. The number of carbonyl (C=O) groups is 4. The molecule has 12 nitrogen and oxygen atoms in total. The van der Waals surface area contributed by atoms with Crippen molar-refractivity contribution in [3.63, 3.8) is 0 Å². The van der Waals surface area contributed by atoms with Crippen molar-refractivity contribution in [2.75, 3.05) is 40.6 Å². The second-order valence-electron chi connectivity index (χ2n) is 11.6. The Morgan fingerprint density at radius 1 is 0.653 bits per heavy atom. The number of hydrogen-bond donors (Lipinski definition) is 4. The summed E-state index contributed by atoms with van der Waals surface area (Å²) in [6.07, 6.45) is 15.7. The zero-order chi connectivity index (χ0) is 36.8. The van der Waals surface area contributed by atoms with Crippen LogP contribution in [-0.2, 0) is 19.2 Å². The number of aliphatic hydroxyl groups is 4. The highest BCUT2D eigenvalue weighted by Crippen LogP contribution is 2.34. The van der Waals surface area contributed by atoms with Gasteiger partial charge in [0.15, 0.2) is 34.6 Å². The molecule has 0 saturated carbocycles. The van der Waals surface area contributed by atoms with Gasteiger partial charge in [-0.05, 0) is 61.4 Å². The average Bonchev–Trinajstić information content (AvgIpc) is 3.12. The van der Waals surface area contributed by atoms with Gasteiger partial charge in [-0.1, -0.05) is 24.3 Å². The van der Waals surface area contributed by atoms with E-state index in [4.69, 9.17) is 31.8 Å². The van der Waals surface area contributed by atoms with E-state index < -0.39 is 66.2 Å². The van der Waals surface area contributed by atoms with Crippen LogP contribution in [0.4, 0.5) is 0 Å². The summed E-state index contributed by atoms with van der Waals surface area (Å²) in [7, 11) is 2.66. The van der Waals surface area contributed by atoms with E-state index in [1.54, 1.807) is 0 Å². The van der Waals surface area contributed by atoms with Gasteiger partial charge in [0.25, 0.3) is 0 Å². The van der Waals surface area contributed by atoms with E-state index in [0.717, 1.165) is 12.2 Å². The summed E-state index contributed by atoms with van der Waals surface area (Å²) in [5, 5.41) is 37.9. The van der Waals surface area contributed by atoms with E-state index in [-0.39, 0.29) is 35.8 Å². The number of hydrogen-bond acceptors (Lipinski definition) is 12. The van der Waals surface area contributed by atoms with Crippen molar-refractivity contribution in [3.05, 3.63) is 59.7 Å². The molecule has 49 heavy (non-hydrogen) atoms. The van der Waals surface area contributed by atoms with Gasteiger partial charge in [0.1, 0.15) is 16.2 Å². The smallest absolute Gasteiger partial charge is 0.322 e. The number of carbonyl (C=O) groups excluding carboxylic acids is 4. The maximum Gasteiger partial charge on any atom is 0.322 e. The molecule has 0 atom stereocenters. The standard InChI is InChI=1S/C37H40O12/c1-7-17-37(18-8-2,31(42)15-11-25-9-13-27(29(19-25)46-5)48-33(44)35(3,21-38)22-39)32(43)16-12-26-10-14-28(30(20-26)47-6)49-34(45)36(4,23-40)24-41/h1-2,9-16,19-20,38-41H,17-18,21-24H2,3-6H3/b15-11+,16-12+. The topological polar surface area (TPSA) is 186 Å². The fourth-order valence-corrected chi connectivity index (χ4v) is 4.09. The SMILES string of the molecule is C#CCC(CC#C)(C(=O)/C=C/c1ccc(OC(=O)C(C)(CO)CO)c(OC)c1)C(=O)/C=C/c1ccc(OC(=O)C(C)(CO)CO)c(OC)c1. The number of ketones is 2. The Balaban J connectivity index is 2.37. The Morgan fingerprint density at radius 2 is 1.00 bits per heavy atom. The van der Waals surface area contributed by atoms with Crippen molar-refractivity contribution in [2.45, 2.75) is 26.7 Å². The van der Waals surface area contributed by atoms with Crippen LogP contribution < -0.4 is 18.9 Å². The van der Waals surface area contributed by atoms with Crippen molar-refractivity contribution >= 4 is 35.7 Å². The minimum absolute atomic E-state index is 0.00930. The molecule has 0 saturated heterocycles. The number of benzene rings is 2. The maximum atomic E-state index is 13.6. The lowest BCUT2D eigenvalue weighted by Gasteiger charge is -2.24. The molecule has 0 spiro atoms. The van der Waals surface area contributed by atoms with Crippen LogP contribution >= 0.6 is 0 Å². The summed E-state index contributed by atoms with van der Waals surface area (Å²) in [5.74, 6) is 1.91. The minimum Gasteiger partial charge on any atom is -0.493 e. The average molecular weight is 677 g/mol. The van der Waals surface area contributed by atoms with Gasteiger partial charge in [-0.25, -0.2) is 0 Å². The monoisotopic (exact) mass is 676 g/mol. The van der Waals surface area contributed by atoms with E-state index in [1.165, 1.54) is 76.6 Å². The first-order chi connectivity index (χ1) is 23.3. The number of aliphatic hydroxyl groups excluding tert-OH is 4. The molecule has 12 heteroatoms. The van der Waals surface area contributed by atoms with Crippen LogP contribution in [0.15, 0.2) is 48.6 Å². The van der Waals surface area contributed by atoms with Crippen molar-refractivity contribution in [3.8, 4) is 47.7 Å². The lowest BCUT2D eigenvalue weighted by atomic mass is 9.73. The second-order valence-corrected chi connectivity index (χ2v) is 11.6. The molecule has 0 heterocycles. The molecule has 260 valence electrons. The lowest BCUT2D eigenvalue weighted by molar-refractivity contribution is -0.151. The molecular formula is C37H40O12. The number of rotatable bonds is 18. The third kappa shape index (κ3) is 9.44. The van der Waals surface area contributed by atoms with Crippen molar-refractivity contribution in [2.24, 2.45) is 16.2 Å². The fraction of sp³-hybridized carbons (Fsp3) is 0.351. The molecule has 4 N–H and O–H groups in total. The molecule has 0 unspecified atom stereocenters. The molecule has 0 amide bonds. The van der Waals surface area contributed by atoms with Gasteiger partial charge in [0.2, 0.25) is 0 Å². The van der Waals surface area contributed by atoms with Gasteiger partial charge in [0, 0.05) is 12.8 Å². The van der Waals surface area contributed by atoms with Gasteiger partial charge in [-0.3, -0.25) is 19.2 Å². The summed E-state index contributed by atoms with van der Waals surface area (Å²) in [5.41, 5.74) is -4.01. The predicted molar refractivity (Wildman–Crippen MR) is 179 cm³/mol. The number of ether oxygens (including phenoxy) is 4. The van der Waals surface area contributed by atoms with E-state index in [0.29, 0.717) is 11.1 Å². The summed E-state index contributed by atoms with van der Waals surface area (Å²) in [4.78, 5) is 52.2. The summed E-state index contributed by atoms with van der Waals surface area (Å²) in [6, 6.07) is 8.76. The third-order valence-electron chi connectivity index (χ3n) is 7.77. The quantitative estimate of drug-likeness (QED) is 0.0595. The first-order valence-electron chi connectivity index (χ1n) is 14.8. The normalized spacial score (nSPS) is 11.9. The molecule has 2 aromatic carbocycles. The van der Waals surface area contributed by atoms with Crippen LogP contribution in [0.5, 0.6) is 23.0 Å². The van der Waals surface area contributed by atoms with Crippen LogP contribution in [0.2, 0.25) is 0 Å². The number of esters is 2. The molecule has 0 aliphatic rings. The number of allylic oxidation sites excluding steroid dienone is 2. The lowest BCUT2D eigenvalue weighted by Crippen LogP contribution is -2.38. The molecule has 2 aromatic rings. The van der Waals surface area contributed by atoms with Crippen LogP contribution in [0.1, 0.15) is 37.8 Å². The van der Waals surface area contributed by atoms with Crippen LogP contribution in [0, 0.1) is 40.9 Å². The molecule has 2 rings (SSSR count). The Labute approximate surface area is 285 Å². The van der Waals surface area contributed by atoms with Crippen LogP contribution in [0.25, 0.3) is 12.2 Å². The predicted octanol–water partition coefficient (Wildman–Crippen LogP) is 2.39. The molecule has 0 aliphatic carbocycles. The highest BCUT2D eigenvalue weighted by molar-refractivity contribution is 6.17. The maximum absolute atomic E-state index is 13.6. The van der Waals surface area contributed by atoms with E-state index in [2.05, 4.69) is 11.8 Å². The molecule has 0 fully saturated rings. The zero-order valence-corrected chi connectivity index (χ0v) is 27.7. The summed E-state index contributed by atoms with van der Waals surface area (Å²) < 4.78 is 21.3. The number of terminal acetylenes is 2. The van der Waals surface area contributed by atoms with Crippen LogP contribution in [-0.4, -0.2) is 84.6 Å². The van der Waals surface area contributed by atoms with Crippen molar-refractivity contribution in [1.82, 2.24) is 0 Å². The van der Waals surface area contributed by atoms with Gasteiger partial charge in [-0.2, -0.15) is 0 Å². The summed E-state index contributed by atoms with van der Waals surface area (Å²) >= 11 is 0. The van der Waals surface area contributed by atoms with Gasteiger partial charge in [-0.15, -0.1) is 24.7 Å². The van der Waals surface area contributed by atoms with Crippen molar-refractivity contribution < 1.29 is 58.6 Å². The second kappa shape index (κ2) is 17.8. The highest BCUT2D eigenvalue weighted by atomic mass is 16.6. The highest BCUT2D eigenvalue weighted by Gasteiger charge is 2.42. The van der Waals surface area contributed by atoms with Gasteiger partial charge in [0.05, 0.1) is 40.6 Å². The molecule has 0 aliphatic heterocycles. The Bertz CT molecular complexity index is 1540. The van der Waals surface area contributed by atoms with E-state index in [9.17, 15) is 39.6 Å². The molecule has 0 aromatic heterocycles. The van der Waals surface area contributed by atoms with E-state index >= 15 is 0 Å². The Hall–Kier alpha value is -5.24. The largest absolute Gasteiger partial charge is 0.493 e. The van der Waals surface area contributed by atoms with Crippen LogP contribution in [0.3, 0.4) is 0 Å². The molecular weight excluding hydrogens is 636 g/mol. The van der Waals surface area contributed by atoms with Gasteiger partial charge >= 0.3 is 11.9 Å². The van der Waals surface area contributed by atoms with E-state index in [1.807, 2.05) is 0 Å². The first kappa shape index (κ1) is 39.9. The number of methoxy groups -OCH3 is 2. The first-order valence-corrected chi connectivity index (χ1v) is 14.8. The third-order valence-corrected chi connectivity index (χ3v) is 7.77. The Kier molecular flexibility index (Phi) is 14.5. The Morgan fingerprint density at radius 3 is 1.29 bits per heavy atom. The minimum atomic E-state index is -1.80. The zero-order valence-electron chi connectivity index (χ0n) is 27.7. The molecule has 0 bridgehead atoms.